The minimum atomic E-state index is 1.02. The Morgan fingerprint density at radius 3 is 1.07 bits per heavy atom. The molecule has 0 aromatic heterocycles. The molecule has 0 saturated heterocycles. The molecular formula is C15H20. The van der Waals surface area contributed by atoms with Crippen molar-refractivity contribution >= 4 is 0 Å². The second-order valence-electron chi connectivity index (χ2n) is 2.68. The average molecular weight is 200 g/mol. The molecule has 80 valence electrons. The second kappa shape index (κ2) is 14.7. The van der Waals surface area contributed by atoms with Gasteiger partial charge in [0.2, 0.25) is 0 Å². The molecule has 0 aliphatic rings. The van der Waals surface area contributed by atoms with E-state index in [4.69, 9.17) is 0 Å². The lowest BCUT2D eigenvalue weighted by atomic mass is 10.4. The Morgan fingerprint density at radius 1 is 0.800 bits per heavy atom. The molecule has 0 heteroatoms. The van der Waals surface area contributed by atoms with E-state index in [1.165, 1.54) is 0 Å². The number of rotatable bonds is 2. The van der Waals surface area contributed by atoms with Crippen LogP contribution in [-0.2, 0) is 0 Å². The predicted octanol–water partition coefficient (Wildman–Crippen LogP) is 4.79. The molecule has 0 aliphatic heterocycles. The molecule has 1 rings (SSSR count). The van der Waals surface area contributed by atoms with Gasteiger partial charge in [-0.15, -0.1) is 0 Å². The molecular weight excluding hydrogens is 180 g/mol. The molecule has 0 nitrogen and oxygen atoms in total. The highest BCUT2D eigenvalue weighted by Crippen LogP contribution is 1.81. The maximum absolute atomic E-state index is 3.56. The van der Waals surface area contributed by atoms with Crippen LogP contribution in [0.4, 0.5) is 0 Å². The van der Waals surface area contributed by atoms with Crippen LogP contribution in [-0.4, -0.2) is 0 Å². The molecule has 0 spiro atoms. The van der Waals surface area contributed by atoms with E-state index in [-0.39, 0.29) is 0 Å². The van der Waals surface area contributed by atoms with E-state index in [0.29, 0.717) is 0 Å². The van der Waals surface area contributed by atoms with Crippen molar-refractivity contribution in [3.8, 4) is 0 Å². The molecule has 0 atom stereocenters. The minimum Gasteiger partial charge on any atom is -0.0991 e. The number of allylic oxidation sites excluding steroid dienone is 4. The van der Waals surface area contributed by atoms with Gasteiger partial charge in [-0.2, -0.15) is 0 Å². The smallest absolute Gasteiger partial charge is 0.0404 e. The van der Waals surface area contributed by atoms with E-state index in [0.717, 1.165) is 5.57 Å². The van der Waals surface area contributed by atoms with Crippen molar-refractivity contribution in [2.45, 2.75) is 6.92 Å². The largest absolute Gasteiger partial charge is 0.0991 e. The van der Waals surface area contributed by atoms with Crippen molar-refractivity contribution in [2.24, 2.45) is 0 Å². The highest BCUT2D eigenvalue weighted by molar-refractivity contribution is 5.05. The predicted molar refractivity (Wildman–Crippen MR) is 71.8 cm³/mol. The first-order valence-corrected chi connectivity index (χ1v) is 4.70. The lowest BCUT2D eigenvalue weighted by Gasteiger charge is -1.71. The Morgan fingerprint density at radius 2 is 1.00 bits per heavy atom. The van der Waals surface area contributed by atoms with Gasteiger partial charge in [-0.1, -0.05) is 86.5 Å². The molecule has 0 N–H and O–H groups in total. The fraction of sp³-hybridized carbons (Fsp3) is 0.0667. The van der Waals surface area contributed by atoms with E-state index in [2.05, 4.69) is 26.3 Å². The zero-order valence-electron chi connectivity index (χ0n) is 9.52. The summed E-state index contributed by atoms with van der Waals surface area (Å²) in [5, 5.41) is 0. The van der Waals surface area contributed by atoms with Crippen molar-refractivity contribution in [1.29, 1.82) is 0 Å². The first-order chi connectivity index (χ1) is 7.18. The summed E-state index contributed by atoms with van der Waals surface area (Å²) in [6, 6.07) is 12.0. The van der Waals surface area contributed by atoms with Crippen molar-refractivity contribution in [3.63, 3.8) is 0 Å². The van der Waals surface area contributed by atoms with Gasteiger partial charge in [0, 0.05) is 0 Å². The first-order valence-electron chi connectivity index (χ1n) is 4.70. The Hall–Kier alpha value is -1.82. The number of hydrogen-bond donors (Lipinski definition) is 0. The van der Waals surface area contributed by atoms with Crippen LogP contribution in [0, 0.1) is 0 Å². The Labute approximate surface area is 94.0 Å². The summed E-state index contributed by atoms with van der Waals surface area (Å²) < 4.78 is 0. The Kier molecular flexibility index (Phi) is 15.3. The molecule has 1 aromatic carbocycles. The van der Waals surface area contributed by atoms with Gasteiger partial charge in [-0.05, 0) is 6.92 Å². The molecule has 0 bridgehead atoms. The second-order valence-corrected chi connectivity index (χ2v) is 2.68. The Balaban J connectivity index is 0. The van der Waals surface area contributed by atoms with E-state index in [1.54, 1.807) is 18.2 Å². The maximum atomic E-state index is 3.56. The lowest BCUT2D eigenvalue weighted by molar-refractivity contribution is 1.58. The van der Waals surface area contributed by atoms with E-state index >= 15 is 0 Å². The summed E-state index contributed by atoms with van der Waals surface area (Å²) in [6.45, 7) is 15.6. The van der Waals surface area contributed by atoms with E-state index in [1.807, 2.05) is 43.3 Å². The molecule has 0 fully saturated rings. The van der Waals surface area contributed by atoms with Crippen molar-refractivity contribution in [2.75, 3.05) is 0 Å². The van der Waals surface area contributed by atoms with Gasteiger partial charge < -0.3 is 0 Å². The van der Waals surface area contributed by atoms with Crippen molar-refractivity contribution in [3.05, 3.63) is 86.5 Å². The van der Waals surface area contributed by atoms with Gasteiger partial charge in [0.25, 0.3) is 0 Å². The average Bonchev–Trinajstić information content (AvgIpc) is 2.32. The zero-order chi connectivity index (χ0) is 11.9. The van der Waals surface area contributed by atoms with Crippen LogP contribution in [0.25, 0.3) is 0 Å². The normalized spacial score (nSPS) is 6.73. The van der Waals surface area contributed by atoms with Crippen LogP contribution in [0.5, 0.6) is 0 Å². The summed E-state index contributed by atoms with van der Waals surface area (Å²) in [5.74, 6) is 0. The quantitative estimate of drug-likeness (QED) is 0.602. The van der Waals surface area contributed by atoms with Crippen LogP contribution >= 0.6 is 0 Å². The lowest BCUT2D eigenvalue weighted by Crippen LogP contribution is -1.50. The van der Waals surface area contributed by atoms with Crippen LogP contribution in [0.3, 0.4) is 0 Å². The number of hydrogen-bond acceptors (Lipinski definition) is 0. The topological polar surface area (TPSA) is 0 Å². The standard InChI is InChI=1S/C6H6.C5H8.C4H6/c1-2-4-6-5-3-1;1-4-5(2)3;1-3-4-2/h1-6H;4H,1-2H2,3H3;3-4H,1-2H2. The molecule has 0 heterocycles. The highest BCUT2D eigenvalue weighted by atomic mass is 13.7. The monoisotopic (exact) mass is 200 g/mol. The summed E-state index contributed by atoms with van der Waals surface area (Å²) >= 11 is 0. The van der Waals surface area contributed by atoms with Crippen molar-refractivity contribution < 1.29 is 0 Å². The summed E-state index contributed by atoms with van der Waals surface area (Å²) in [7, 11) is 0. The van der Waals surface area contributed by atoms with Gasteiger partial charge in [-0.25, -0.2) is 0 Å². The molecule has 0 unspecified atom stereocenters. The van der Waals surface area contributed by atoms with Gasteiger partial charge in [0.15, 0.2) is 0 Å². The minimum absolute atomic E-state index is 1.02. The fourth-order valence-electron chi connectivity index (χ4n) is 0.385. The van der Waals surface area contributed by atoms with Crippen LogP contribution in [0.2, 0.25) is 0 Å². The third kappa shape index (κ3) is 24.5. The van der Waals surface area contributed by atoms with E-state index < -0.39 is 0 Å². The SMILES string of the molecule is C=CC(=C)C.C=CC=C.c1ccccc1. The third-order valence-corrected chi connectivity index (χ3v) is 1.18. The molecule has 0 radical (unpaired) electrons. The van der Waals surface area contributed by atoms with Crippen LogP contribution < -0.4 is 0 Å². The fourth-order valence-corrected chi connectivity index (χ4v) is 0.385. The summed E-state index contributed by atoms with van der Waals surface area (Å²) in [6.07, 6.45) is 5.00. The summed E-state index contributed by atoms with van der Waals surface area (Å²) in [5.41, 5.74) is 1.02. The first kappa shape index (κ1) is 15.6. The number of benzene rings is 1. The molecule has 1 aromatic rings. The van der Waals surface area contributed by atoms with Crippen LogP contribution in [0.15, 0.2) is 86.5 Å². The molecule has 0 saturated carbocycles. The molecule has 15 heavy (non-hydrogen) atoms. The van der Waals surface area contributed by atoms with Gasteiger partial charge >= 0.3 is 0 Å². The Bertz CT molecular complexity index is 235. The zero-order valence-corrected chi connectivity index (χ0v) is 9.52. The van der Waals surface area contributed by atoms with Gasteiger partial charge in [-0.3, -0.25) is 0 Å². The molecule has 0 aliphatic carbocycles. The van der Waals surface area contributed by atoms with E-state index in [9.17, 15) is 0 Å². The molecule has 0 amide bonds. The van der Waals surface area contributed by atoms with Gasteiger partial charge in [0.05, 0.1) is 0 Å². The van der Waals surface area contributed by atoms with Crippen LogP contribution in [0.1, 0.15) is 6.92 Å². The summed E-state index contributed by atoms with van der Waals surface area (Å²) in [4.78, 5) is 0. The van der Waals surface area contributed by atoms with Gasteiger partial charge in [0.1, 0.15) is 0 Å². The van der Waals surface area contributed by atoms with Crippen molar-refractivity contribution in [1.82, 2.24) is 0 Å². The highest BCUT2D eigenvalue weighted by Gasteiger charge is 1.59. The maximum Gasteiger partial charge on any atom is -0.0404 e. The third-order valence-electron chi connectivity index (χ3n) is 1.18.